The van der Waals surface area contributed by atoms with Crippen molar-refractivity contribution in [2.24, 2.45) is 5.92 Å². The number of ether oxygens (including phenoxy) is 3. The third-order valence-corrected chi connectivity index (χ3v) is 12.5. The fraction of sp³-hybridized carbons (Fsp3) is 0.945. The summed E-state index contributed by atoms with van der Waals surface area (Å²) in [5, 5.41) is 0. The Balaban J connectivity index is 4.22. The first-order chi connectivity index (χ1) is 29.9. The van der Waals surface area contributed by atoms with Crippen LogP contribution in [0.3, 0.4) is 0 Å². The number of hydrogen-bond donors (Lipinski definition) is 0. The van der Waals surface area contributed by atoms with Gasteiger partial charge >= 0.3 is 17.9 Å². The first-order valence-corrected chi connectivity index (χ1v) is 27.4. The highest BCUT2D eigenvalue weighted by Crippen LogP contribution is 2.17. The first kappa shape index (κ1) is 59.4. The molecule has 0 N–H and O–H groups in total. The van der Waals surface area contributed by atoms with Crippen molar-refractivity contribution in [2.45, 2.75) is 316 Å². The lowest BCUT2D eigenvalue weighted by Crippen LogP contribution is -2.30. The molecule has 0 aromatic heterocycles. The average Bonchev–Trinajstić information content (AvgIpc) is 3.24. The summed E-state index contributed by atoms with van der Waals surface area (Å²) in [6.07, 6.45) is 52.5. The average molecular weight is 863 g/mol. The van der Waals surface area contributed by atoms with Crippen LogP contribution in [-0.2, 0) is 28.6 Å². The van der Waals surface area contributed by atoms with Crippen molar-refractivity contribution in [3.05, 3.63) is 0 Å². The number of unbranched alkanes of at least 4 members (excludes halogenated alkanes) is 37. The van der Waals surface area contributed by atoms with Gasteiger partial charge in [0.15, 0.2) is 6.10 Å². The van der Waals surface area contributed by atoms with Gasteiger partial charge in [-0.1, -0.05) is 272 Å². The molecular weight excluding hydrogens is 757 g/mol. The van der Waals surface area contributed by atoms with Crippen LogP contribution < -0.4 is 0 Å². The van der Waals surface area contributed by atoms with Crippen LogP contribution in [0.4, 0.5) is 0 Å². The molecule has 362 valence electrons. The molecule has 6 heteroatoms. The summed E-state index contributed by atoms with van der Waals surface area (Å²) in [7, 11) is 0. The van der Waals surface area contributed by atoms with E-state index in [0.717, 1.165) is 63.7 Å². The predicted octanol–water partition coefficient (Wildman–Crippen LogP) is 17.8. The van der Waals surface area contributed by atoms with E-state index in [-0.39, 0.29) is 31.1 Å². The van der Waals surface area contributed by atoms with Crippen LogP contribution in [-0.4, -0.2) is 37.2 Å². The SMILES string of the molecule is CCCCCCCCCCCCCCCCCCCCCC(=O)O[C@H](COC(=O)CCCCCCCCCCCCCCCCC)COC(=O)CCCCCCCCC(C)C. The summed E-state index contributed by atoms with van der Waals surface area (Å²) < 4.78 is 16.8. The molecule has 0 radical (unpaired) electrons. The third kappa shape index (κ3) is 49.3. The third-order valence-electron chi connectivity index (χ3n) is 12.5. The second kappa shape index (κ2) is 49.4. The normalized spacial score (nSPS) is 12.0. The van der Waals surface area contributed by atoms with E-state index in [0.29, 0.717) is 19.3 Å². The zero-order valence-electron chi connectivity index (χ0n) is 41.6. The number of esters is 3. The van der Waals surface area contributed by atoms with Crippen LogP contribution in [0.15, 0.2) is 0 Å². The van der Waals surface area contributed by atoms with Gasteiger partial charge in [-0.15, -0.1) is 0 Å². The predicted molar refractivity (Wildman–Crippen MR) is 261 cm³/mol. The zero-order chi connectivity index (χ0) is 44.5. The van der Waals surface area contributed by atoms with E-state index in [2.05, 4.69) is 27.7 Å². The standard InChI is InChI=1S/C55H106O6/c1-5-7-9-11-13-15-17-19-21-22-23-24-26-28-30-32-34-40-44-48-55(58)61-52(50-60-54(57)47-43-39-36-35-37-41-45-51(3)4)49-59-53(56)46-42-38-33-31-29-27-25-20-18-16-14-12-10-8-6-2/h51-52H,5-50H2,1-4H3/t52-/m1/s1. The number of rotatable bonds is 50. The second-order valence-electron chi connectivity index (χ2n) is 19.3. The van der Waals surface area contributed by atoms with Gasteiger partial charge in [-0.2, -0.15) is 0 Å². The largest absolute Gasteiger partial charge is 0.462 e. The summed E-state index contributed by atoms with van der Waals surface area (Å²) in [5.41, 5.74) is 0. The van der Waals surface area contributed by atoms with E-state index < -0.39 is 6.10 Å². The molecule has 0 aliphatic carbocycles. The van der Waals surface area contributed by atoms with Gasteiger partial charge in [0.1, 0.15) is 13.2 Å². The Kier molecular flexibility index (Phi) is 48.1. The van der Waals surface area contributed by atoms with Crippen LogP contribution >= 0.6 is 0 Å². The van der Waals surface area contributed by atoms with Crippen LogP contribution in [0.5, 0.6) is 0 Å². The van der Waals surface area contributed by atoms with Gasteiger partial charge in [0.25, 0.3) is 0 Å². The number of carbonyl (C=O) groups is 3. The van der Waals surface area contributed by atoms with Crippen LogP contribution in [0.1, 0.15) is 310 Å². The Hall–Kier alpha value is -1.59. The van der Waals surface area contributed by atoms with E-state index in [1.54, 1.807) is 0 Å². The van der Waals surface area contributed by atoms with Crippen LogP contribution in [0, 0.1) is 5.92 Å². The number of carbonyl (C=O) groups excluding carboxylic acids is 3. The molecule has 0 bridgehead atoms. The molecule has 0 spiro atoms. The van der Waals surface area contributed by atoms with Crippen molar-refractivity contribution >= 4 is 17.9 Å². The van der Waals surface area contributed by atoms with Gasteiger partial charge in [-0.25, -0.2) is 0 Å². The van der Waals surface area contributed by atoms with E-state index in [9.17, 15) is 14.4 Å². The molecule has 0 rings (SSSR count). The topological polar surface area (TPSA) is 78.9 Å². The Morgan fingerprint density at radius 2 is 0.541 bits per heavy atom. The van der Waals surface area contributed by atoms with E-state index in [1.165, 1.54) is 205 Å². The van der Waals surface area contributed by atoms with Gasteiger partial charge < -0.3 is 14.2 Å². The maximum Gasteiger partial charge on any atom is 0.306 e. The zero-order valence-corrected chi connectivity index (χ0v) is 41.6. The molecule has 0 amide bonds. The smallest absolute Gasteiger partial charge is 0.306 e. The molecule has 0 aromatic carbocycles. The highest BCUT2D eigenvalue weighted by molar-refractivity contribution is 5.71. The van der Waals surface area contributed by atoms with Gasteiger partial charge in [-0.3, -0.25) is 14.4 Å². The Morgan fingerprint density at radius 1 is 0.311 bits per heavy atom. The van der Waals surface area contributed by atoms with Gasteiger partial charge in [0.2, 0.25) is 0 Å². The van der Waals surface area contributed by atoms with Crippen molar-refractivity contribution in [2.75, 3.05) is 13.2 Å². The minimum absolute atomic E-state index is 0.0633. The van der Waals surface area contributed by atoms with Gasteiger partial charge in [-0.05, 0) is 25.2 Å². The maximum atomic E-state index is 12.8. The highest BCUT2D eigenvalue weighted by atomic mass is 16.6. The molecule has 0 saturated heterocycles. The molecule has 0 heterocycles. The molecule has 0 aliphatic heterocycles. The van der Waals surface area contributed by atoms with Gasteiger partial charge in [0, 0.05) is 19.3 Å². The van der Waals surface area contributed by atoms with Crippen molar-refractivity contribution in [1.82, 2.24) is 0 Å². The molecule has 0 aromatic rings. The van der Waals surface area contributed by atoms with Crippen molar-refractivity contribution in [3.8, 4) is 0 Å². The minimum Gasteiger partial charge on any atom is -0.462 e. The quantitative estimate of drug-likeness (QED) is 0.0344. The molecule has 1 atom stereocenters. The molecule has 0 aliphatic rings. The van der Waals surface area contributed by atoms with Crippen LogP contribution in [0.25, 0.3) is 0 Å². The number of hydrogen-bond acceptors (Lipinski definition) is 6. The van der Waals surface area contributed by atoms with E-state index in [4.69, 9.17) is 14.2 Å². The van der Waals surface area contributed by atoms with Crippen molar-refractivity contribution in [1.29, 1.82) is 0 Å². The fourth-order valence-corrected chi connectivity index (χ4v) is 8.39. The Morgan fingerprint density at radius 3 is 0.803 bits per heavy atom. The fourth-order valence-electron chi connectivity index (χ4n) is 8.39. The molecule has 0 unspecified atom stereocenters. The summed E-state index contributed by atoms with van der Waals surface area (Å²) in [5.74, 6) is -0.0828. The molecule has 0 saturated carbocycles. The summed E-state index contributed by atoms with van der Waals surface area (Å²) in [4.78, 5) is 37.9. The van der Waals surface area contributed by atoms with Gasteiger partial charge in [0.05, 0.1) is 0 Å². The molecule has 0 fully saturated rings. The molecular formula is C55H106O6. The lowest BCUT2D eigenvalue weighted by atomic mass is 10.0. The summed E-state index contributed by atoms with van der Waals surface area (Å²) in [6.45, 7) is 8.97. The summed E-state index contributed by atoms with van der Waals surface area (Å²) >= 11 is 0. The van der Waals surface area contributed by atoms with E-state index >= 15 is 0 Å². The van der Waals surface area contributed by atoms with Crippen molar-refractivity contribution in [3.63, 3.8) is 0 Å². The molecule has 6 nitrogen and oxygen atoms in total. The molecule has 61 heavy (non-hydrogen) atoms. The van der Waals surface area contributed by atoms with E-state index in [1.807, 2.05) is 0 Å². The monoisotopic (exact) mass is 863 g/mol. The first-order valence-electron chi connectivity index (χ1n) is 27.4. The van der Waals surface area contributed by atoms with Crippen molar-refractivity contribution < 1.29 is 28.6 Å². The van der Waals surface area contributed by atoms with Crippen LogP contribution in [0.2, 0.25) is 0 Å². The maximum absolute atomic E-state index is 12.8. The lowest BCUT2D eigenvalue weighted by Gasteiger charge is -2.18. The Labute approximate surface area is 380 Å². The second-order valence-corrected chi connectivity index (χ2v) is 19.3. The highest BCUT2D eigenvalue weighted by Gasteiger charge is 2.19. The lowest BCUT2D eigenvalue weighted by molar-refractivity contribution is -0.167. The Bertz CT molecular complexity index is 918. The summed E-state index contributed by atoms with van der Waals surface area (Å²) in [6, 6.07) is 0. The minimum atomic E-state index is -0.761.